The number of rotatable bonds is 7. The number of hydrogen-bond acceptors (Lipinski definition) is 4. The molecule has 0 spiro atoms. The van der Waals surface area contributed by atoms with Gasteiger partial charge < -0.3 is 20.7 Å². The highest BCUT2D eigenvalue weighted by atomic mass is 16.5. The molecule has 1 rings (SSSR count). The fourth-order valence-electron chi connectivity index (χ4n) is 1.42. The minimum absolute atomic E-state index is 0.122. The molecule has 104 valence electrons. The molecule has 19 heavy (non-hydrogen) atoms. The first kappa shape index (κ1) is 15.1. The van der Waals surface area contributed by atoms with Gasteiger partial charge in [0.2, 0.25) is 11.8 Å². The number of methoxy groups -OCH3 is 1. The van der Waals surface area contributed by atoms with Gasteiger partial charge in [-0.2, -0.15) is 0 Å². The summed E-state index contributed by atoms with van der Waals surface area (Å²) in [5, 5.41) is 8.35. The summed E-state index contributed by atoms with van der Waals surface area (Å²) in [7, 11) is 1.61. The van der Waals surface area contributed by atoms with Crippen molar-refractivity contribution in [2.45, 2.75) is 6.92 Å². The molecule has 0 aliphatic heterocycles. The van der Waals surface area contributed by atoms with Crippen LogP contribution in [0.3, 0.4) is 0 Å². The highest BCUT2D eigenvalue weighted by Gasteiger charge is 2.02. The van der Waals surface area contributed by atoms with Gasteiger partial charge in [0.15, 0.2) is 0 Å². The molecule has 0 fully saturated rings. The Bertz CT molecular complexity index is 418. The topological polar surface area (TPSA) is 79.5 Å². The van der Waals surface area contributed by atoms with Gasteiger partial charge in [-0.05, 0) is 24.3 Å². The summed E-state index contributed by atoms with van der Waals surface area (Å²) in [5.41, 5.74) is 1.39. The summed E-state index contributed by atoms with van der Waals surface area (Å²) in [6.07, 6.45) is 0. The lowest BCUT2D eigenvalue weighted by Gasteiger charge is -2.07. The van der Waals surface area contributed by atoms with Crippen LogP contribution in [0.2, 0.25) is 0 Å². The third-order valence-corrected chi connectivity index (χ3v) is 2.26. The number of carbonyl (C=O) groups excluding carboxylic acids is 2. The van der Waals surface area contributed by atoms with E-state index in [1.807, 2.05) is 0 Å². The number of ether oxygens (including phenoxy) is 1. The van der Waals surface area contributed by atoms with Crippen LogP contribution in [0, 0.1) is 0 Å². The van der Waals surface area contributed by atoms with E-state index < -0.39 is 0 Å². The second-order valence-electron chi connectivity index (χ2n) is 3.98. The monoisotopic (exact) mass is 265 g/mol. The number of benzene rings is 1. The Balaban J connectivity index is 2.36. The first-order chi connectivity index (χ1) is 9.11. The van der Waals surface area contributed by atoms with Crippen molar-refractivity contribution in [2.24, 2.45) is 0 Å². The number of nitrogens with one attached hydrogen (secondary N) is 3. The quantitative estimate of drug-likeness (QED) is 0.638. The largest absolute Gasteiger partial charge is 0.383 e. The summed E-state index contributed by atoms with van der Waals surface area (Å²) in [5.74, 6) is -0.248. The van der Waals surface area contributed by atoms with Crippen molar-refractivity contribution in [2.75, 3.05) is 37.4 Å². The molecular weight excluding hydrogens is 246 g/mol. The molecule has 1 aromatic rings. The summed E-state index contributed by atoms with van der Waals surface area (Å²) >= 11 is 0. The molecule has 0 radical (unpaired) electrons. The Morgan fingerprint density at radius 2 is 1.68 bits per heavy atom. The minimum atomic E-state index is -0.126. The second kappa shape index (κ2) is 8.23. The highest BCUT2D eigenvalue weighted by Crippen LogP contribution is 2.13. The first-order valence-electron chi connectivity index (χ1n) is 5.99. The molecule has 2 amide bonds. The summed E-state index contributed by atoms with van der Waals surface area (Å²) in [4.78, 5) is 22.4. The van der Waals surface area contributed by atoms with E-state index in [1.165, 1.54) is 6.92 Å². The van der Waals surface area contributed by atoms with Crippen molar-refractivity contribution in [3.8, 4) is 0 Å². The van der Waals surface area contributed by atoms with Gasteiger partial charge >= 0.3 is 0 Å². The van der Waals surface area contributed by atoms with Gasteiger partial charge in [-0.15, -0.1) is 0 Å². The Hall–Kier alpha value is -1.92. The molecule has 6 nitrogen and oxygen atoms in total. The van der Waals surface area contributed by atoms with Gasteiger partial charge in [0, 0.05) is 32.0 Å². The van der Waals surface area contributed by atoms with Gasteiger partial charge in [-0.3, -0.25) is 9.59 Å². The molecule has 0 aliphatic rings. The van der Waals surface area contributed by atoms with Crippen LogP contribution in [0.25, 0.3) is 0 Å². The van der Waals surface area contributed by atoms with E-state index in [2.05, 4.69) is 16.0 Å². The molecule has 3 N–H and O–H groups in total. The van der Waals surface area contributed by atoms with E-state index in [4.69, 9.17) is 4.74 Å². The smallest absolute Gasteiger partial charge is 0.238 e. The molecule has 0 unspecified atom stereocenters. The van der Waals surface area contributed by atoms with E-state index in [0.29, 0.717) is 24.5 Å². The van der Waals surface area contributed by atoms with Crippen molar-refractivity contribution in [1.29, 1.82) is 0 Å². The van der Waals surface area contributed by atoms with Gasteiger partial charge in [0.1, 0.15) is 0 Å². The number of hydrogen-bond donors (Lipinski definition) is 3. The molecule has 1 aromatic carbocycles. The molecule has 0 aromatic heterocycles. The van der Waals surface area contributed by atoms with Gasteiger partial charge in [-0.25, -0.2) is 0 Å². The zero-order valence-corrected chi connectivity index (χ0v) is 11.2. The van der Waals surface area contributed by atoms with Crippen LogP contribution in [-0.2, 0) is 14.3 Å². The van der Waals surface area contributed by atoms with Gasteiger partial charge in [0.05, 0.1) is 13.2 Å². The predicted octanol–water partition coefficient (Wildman–Crippen LogP) is 0.819. The summed E-state index contributed by atoms with van der Waals surface area (Å²) in [6.45, 7) is 2.88. The SMILES string of the molecule is COCCNCC(=O)Nc1ccc(NC(C)=O)cc1. The normalized spacial score (nSPS) is 10.0. The van der Waals surface area contributed by atoms with Crippen LogP contribution in [0.1, 0.15) is 6.92 Å². The number of carbonyl (C=O) groups is 2. The first-order valence-corrected chi connectivity index (χ1v) is 5.99. The molecule has 0 saturated carbocycles. The van der Waals surface area contributed by atoms with E-state index in [-0.39, 0.29) is 18.4 Å². The maximum Gasteiger partial charge on any atom is 0.238 e. The standard InChI is InChI=1S/C13H19N3O3/c1-10(17)15-11-3-5-12(6-4-11)16-13(18)9-14-7-8-19-2/h3-6,14H,7-9H2,1-2H3,(H,15,17)(H,16,18). The molecule has 0 saturated heterocycles. The third kappa shape index (κ3) is 6.54. The maximum atomic E-state index is 11.6. The van der Waals surface area contributed by atoms with Crippen molar-refractivity contribution < 1.29 is 14.3 Å². The van der Waals surface area contributed by atoms with Crippen LogP contribution in [0.5, 0.6) is 0 Å². The zero-order chi connectivity index (χ0) is 14.1. The number of anilines is 2. The van der Waals surface area contributed by atoms with E-state index >= 15 is 0 Å². The van der Waals surface area contributed by atoms with Gasteiger partial charge in [-0.1, -0.05) is 0 Å². The van der Waals surface area contributed by atoms with E-state index in [1.54, 1.807) is 31.4 Å². The Kier molecular flexibility index (Phi) is 6.56. The fourth-order valence-corrected chi connectivity index (χ4v) is 1.42. The molecule has 0 atom stereocenters. The molecule has 0 bridgehead atoms. The average Bonchev–Trinajstić information content (AvgIpc) is 2.36. The third-order valence-electron chi connectivity index (χ3n) is 2.26. The molecule has 6 heteroatoms. The van der Waals surface area contributed by atoms with Crippen LogP contribution in [0.4, 0.5) is 11.4 Å². The Labute approximate surface area is 112 Å². The lowest BCUT2D eigenvalue weighted by Crippen LogP contribution is -2.30. The van der Waals surface area contributed by atoms with Crippen molar-refractivity contribution in [3.05, 3.63) is 24.3 Å². The average molecular weight is 265 g/mol. The predicted molar refractivity (Wildman–Crippen MR) is 74.1 cm³/mol. The molecule has 0 aliphatic carbocycles. The van der Waals surface area contributed by atoms with Crippen molar-refractivity contribution in [1.82, 2.24) is 5.32 Å². The number of amides is 2. The molecule has 0 heterocycles. The van der Waals surface area contributed by atoms with Gasteiger partial charge in [0.25, 0.3) is 0 Å². The second-order valence-corrected chi connectivity index (χ2v) is 3.98. The highest BCUT2D eigenvalue weighted by molar-refractivity contribution is 5.93. The Morgan fingerprint density at radius 3 is 2.21 bits per heavy atom. The van der Waals surface area contributed by atoms with Crippen LogP contribution in [-0.4, -0.2) is 38.6 Å². The summed E-state index contributed by atoms with van der Waals surface area (Å²) < 4.78 is 4.86. The summed E-state index contributed by atoms with van der Waals surface area (Å²) in [6, 6.07) is 6.93. The van der Waals surface area contributed by atoms with Crippen molar-refractivity contribution in [3.63, 3.8) is 0 Å². The zero-order valence-electron chi connectivity index (χ0n) is 11.2. The Morgan fingerprint density at radius 1 is 1.11 bits per heavy atom. The molecular formula is C13H19N3O3. The lowest BCUT2D eigenvalue weighted by molar-refractivity contribution is -0.115. The van der Waals surface area contributed by atoms with Crippen LogP contribution < -0.4 is 16.0 Å². The van der Waals surface area contributed by atoms with Crippen LogP contribution >= 0.6 is 0 Å². The van der Waals surface area contributed by atoms with E-state index in [9.17, 15) is 9.59 Å². The minimum Gasteiger partial charge on any atom is -0.383 e. The maximum absolute atomic E-state index is 11.6. The fraction of sp³-hybridized carbons (Fsp3) is 0.385. The van der Waals surface area contributed by atoms with E-state index in [0.717, 1.165) is 0 Å². The van der Waals surface area contributed by atoms with Crippen molar-refractivity contribution >= 4 is 23.2 Å². The van der Waals surface area contributed by atoms with Crippen LogP contribution in [0.15, 0.2) is 24.3 Å². The lowest BCUT2D eigenvalue weighted by atomic mass is 10.2.